The van der Waals surface area contributed by atoms with Crippen LogP contribution in [0.2, 0.25) is 0 Å². The zero-order valence-corrected chi connectivity index (χ0v) is 19.4. The number of benzene rings is 3. The summed E-state index contributed by atoms with van der Waals surface area (Å²) < 4.78 is 5.80. The molecule has 6 atom stereocenters. The highest BCUT2D eigenvalue weighted by atomic mass is 16.5. The quantitative estimate of drug-likeness (QED) is 0.401. The van der Waals surface area contributed by atoms with Gasteiger partial charge in [0.15, 0.2) is 0 Å². The van der Waals surface area contributed by atoms with Gasteiger partial charge in [-0.3, -0.25) is 14.4 Å². The zero-order valence-electron chi connectivity index (χ0n) is 19.4. The Kier molecular flexibility index (Phi) is 4.64. The van der Waals surface area contributed by atoms with Crippen molar-refractivity contribution >= 4 is 29.1 Å². The van der Waals surface area contributed by atoms with Crippen LogP contribution in [0.25, 0.3) is 0 Å². The molecule has 8 rings (SSSR count). The number of carbonyl (C=O) groups excluding carboxylic acids is 3. The third kappa shape index (κ3) is 3.28. The Morgan fingerprint density at radius 1 is 0.778 bits per heavy atom. The van der Waals surface area contributed by atoms with Gasteiger partial charge < -0.3 is 10.1 Å². The van der Waals surface area contributed by atoms with Crippen LogP contribution < -0.4 is 15.0 Å². The first-order valence-electron chi connectivity index (χ1n) is 12.4. The molecule has 2 bridgehead atoms. The van der Waals surface area contributed by atoms with E-state index in [9.17, 15) is 14.4 Å². The van der Waals surface area contributed by atoms with Gasteiger partial charge in [0.2, 0.25) is 11.8 Å². The molecule has 6 nitrogen and oxygen atoms in total. The molecule has 0 aromatic heterocycles. The molecule has 3 fully saturated rings. The average molecular weight is 477 g/mol. The Balaban J connectivity index is 1.07. The van der Waals surface area contributed by atoms with Gasteiger partial charge in [0.1, 0.15) is 11.5 Å². The van der Waals surface area contributed by atoms with E-state index in [1.807, 2.05) is 30.3 Å². The van der Waals surface area contributed by atoms with Crippen molar-refractivity contribution in [3.05, 3.63) is 96.6 Å². The molecule has 0 spiro atoms. The fraction of sp³-hybridized carbons (Fsp3) is 0.233. The number of hydrogen-bond donors (Lipinski definition) is 1. The van der Waals surface area contributed by atoms with Gasteiger partial charge in [-0.15, -0.1) is 0 Å². The van der Waals surface area contributed by atoms with E-state index in [-0.39, 0.29) is 41.4 Å². The van der Waals surface area contributed by atoms with Gasteiger partial charge in [-0.05, 0) is 84.7 Å². The number of nitrogens with one attached hydrogen (secondary N) is 1. The summed E-state index contributed by atoms with van der Waals surface area (Å²) >= 11 is 0. The van der Waals surface area contributed by atoms with Gasteiger partial charge in [-0.2, -0.15) is 0 Å². The highest BCUT2D eigenvalue weighted by Crippen LogP contribution is 2.65. The Bertz CT molecular complexity index is 1380. The first-order chi connectivity index (χ1) is 17.6. The molecule has 5 aliphatic rings. The third-order valence-corrected chi connectivity index (χ3v) is 8.12. The molecule has 1 N–H and O–H groups in total. The van der Waals surface area contributed by atoms with E-state index in [1.165, 1.54) is 4.90 Å². The minimum absolute atomic E-state index is 0.124. The molecule has 36 heavy (non-hydrogen) atoms. The van der Waals surface area contributed by atoms with E-state index in [2.05, 4.69) is 17.5 Å². The van der Waals surface area contributed by atoms with E-state index >= 15 is 0 Å². The number of imide groups is 1. The molecule has 178 valence electrons. The van der Waals surface area contributed by atoms with Crippen LogP contribution >= 0.6 is 0 Å². The summed E-state index contributed by atoms with van der Waals surface area (Å²) in [5.74, 6) is 1.77. The second-order valence-electron chi connectivity index (χ2n) is 10.1. The first-order valence-corrected chi connectivity index (χ1v) is 12.4. The number of nitrogens with zero attached hydrogens (tertiary/aromatic N) is 1. The fourth-order valence-electron chi connectivity index (χ4n) is 6.43. The van der Waals surface area contributed by atoms with Crippen LogP contribution in [0.3, 0.4) is 0 Å². The maximum Gasteiger partial charge on any atom is 0.255 e. The summed E-state index contributed by atoms with van der Waals surface area (Å²) in [5, 5.41) is 2.88. The second kappa shape index (κ2) is 7.92. The number of rotatable bonds is 5. The van der Waals surface area contributed by atoms with E-state index in [4.69, 9.17) is 4.74 Å². The monoisotopic (exact) mass is 476 g/mol. The van der Waals surface area contributed by atoms with Crippen molar-refractivity contribution in [2.75, 3.05) is 10.2 Å². The number of hydrogen-bond acceptors (Lipinski definition) is 4. The summed E-state index contributed by atoms with van der Waals surface area (Å²) in [6, 6.07) is 23.3. The van der Waals surface area contributed by atoms with Crippen LogP contribution in [0.15, 0.2) is 91.0 Å². The van der Waals surface area contributed by atoms with Crippen LogP contribution in [0.5, 0.6) is 11.5 Å². The van der Waals surface area contributed by atoms with Crippen molar-refractivity contribution in [1.29, 1.82) is 0 Å². The van der Waals surface area contributed by atoms with Crippen LogP contribution in [0.4, 0.5) is 11.4 Å². The SMILES string of the molecule is O=C(Nc1ccc(Oc2ccccc2)cc1)c1cccc(N2C(=O)[C@@H]3[C@H]4C=C[C@@H]([C@@H]5C[C@@H]45)[C@@H]3C2=O)c1. The molecule has 3 aromatic rings. The summed E-state index contributed by atoms with van der Waals surface area (Å²) in [6.07, 6.45) is 5.45. The molecule has 1 saturated heterocycles. The minimum Gasteiger partial charge on any atom is -0.457 e. The van der Waals surface area contributed by atoms with Gasteiger partial charge in [-0.25, -0.2) is 4.90 Å². The van der Waals surface area contributed by atoms with E-state index in [1.54, 1.807) is 48.5 Å². The zero-order chi connectivity index (χ0) is 24.4. The smallest absolute Gasteiger partial charge is 0.255 e. The summed E-state index contributed by atoms with van der Waals surface area (Å²) in [6.45, 7) is 0. The van der Waals surface area contributed by atoms with Crippen molar-refractivity contribution in [2.45, 2.75) is 6.42 Å². The average Bonchev–Trinajstić information content (AvgIpc) is 3.69. The molecule has 1 heterocycles. The predicted octanol–water partition coefficient (Wildman–Crippen LogP) is 5.29. The number of amides is 3. The topological polar surface area (TPSA) is 75.7 Å². The molecule has 6 heteroatoms. The van der Waals surface area contributed by atoms with Gasteiger partial charge >= 0.3 is 0 Å². The highest BCUT2D eigenvalue weighted by Gasteiger charge is 2.67. The predicted molar refractivity (Wildman–Crippen MR) is 135 cm³/mol. The molecule has 0 unspecified atom stereocenters. The molecule has 3 aromatic carbocycles. The number of para-hydroxylation sites is 1. The summed E-state index contributed by atoms with van der Waals surface area (Å²) in [7, 11) is 0. The standard InChI is InChI=1S/C30H24N2O4/c33-28(31-18-9-11-21(12-10-18)36-20-7-2-1-3-8-20)17-5-4-6-19(15-17)32-29(34)26-22-13-14-23(25-16-24(22)25)27(26)30(32)35/h1-15,22-27H,16H2,(H,31,33)/t22-,23-,24-,25-,26-,27+/m0/s1. The number of anilines is 2. The molecule has 0 radical (unpaired) electrons. The second-order valence-corrected chi connectivity index (χ2v) is 10.1. The molecule has 4 aliphatic carbocycles. The van der Waals surface area contributed by atoms with Crippen LogP contribution in [-0.4, -0.2) is 17.7 Å². The lowest BCUT2D eigenvalue weighted by molar-refractivity contribution is -0.124. The van der Waals surface area contributed by atoms with Crippen molar-refractivity contribution in [3.8, 4) is 11.5 Å². The number of carbonyl (C=O) groups is 3. The van der Waals surface area contributed by atoms with Gasteiger partial charge in [0, 0.05) is 11.3 Å². The first kappa shape index (κ1) is 21.1. The van der Waals surface area contributed by atoms with Gasteiger partial charge in [-0.1, -0.05) is 36.4 Å². The Labute approximate surface area is 208 Å². The molecule has 2 saturated carbocycles. The summed E-state index contributed by atoms with van der Waals surface area (Å²) in [4.78, 5) is 41.1. The van der Waals surface area contributed by atoms with Crippen LogP contribution in [0, 0.1) is 35.5 Å². The van der Waals surface area contributed by atoms with Gasteiger partial charge in [0.25, 0.3) is 5.91 Å². The third-order valence-electron chi connectivity index (χ3n) is 8.12. The Hall–Kier alpha value is -4.19. The van der Waals surface area contributed by atoms with Crippen LogP contribution in [0.1, 0.15) is 16.8 Å². The molecule has 1 aliphatic heterocycles. The minimum atomic E-state index is -0.312. The number of allylic oxidation sites excluding steroid dienone is 2. The Morgan fingerprint density at radius 2 is 1.42 bits per heavy atom. The molecular formula is C30H24N2O4. The fourth-order valence-corrected chi connectivity index (χ4v) is 6.43. The molecular weight excluding hydrogens is 452 g/mol. The lowest BCUT2D eigenvalue weighted by atomic mass is 9.63. The van der Waals surface area contributed by atoms with Crippen molar-refractivity contribution < 1.29 is 19.1 Å². The van der Waals surface area contributed by atoms with E-state index in [0.717, 1.165) is 12.2 Å². The maximum absolute atomic E-state index is 13.4. The normalized spacial score (nSPS) is 29.1. The lowest BCUT2D eigenvalue weighted by Gasteiger charge is -2.37. The highest BCUT2D eigenvalue weighted by molar-refractivity contribution is 6.23. The largest absolute Gasteiger partial charge is 0.457 e. The maximum atomic E-state index is 13.4. The lowest BCUT2D eigenvalue weighted by Crippen LogP contribution is -2.40. The van der Waals surface area contributed by atoms with Gasteiger partial charge in [0.05, 0.1) is 17.5 Å². The number of ether oxygens (including phenoxy) is 1. The molecule has 3 amide bonds. The van der Waals surface area contributed by atoms with Crippen LogP contribution in [-0.2, 0) is 9.59 Å². The summed E-state index contributed by atoms with van der Waals surface area (Å²) in [5.41, 5.74) is 1.47. The van der Waals surface area contributed by atoms with E-state index < -0.39 is 0 Å². The van der Waals surface area contributed by atoms with Crippen molar-refractivity contribution in [3.63, 3.8) is 0 Å². The Morgan fingerprint density at radius 3 is 2.08 bits per heavy atom. The van der Waals surface area contributed by atoms with Crippen molar-refractivity contribution in [2.24, 2.45) is 35.5 Å². The van der Waals surface area contributed by atoms with Crippen molar-refractivity contribution in [1.82, 2.24) is 0 Å². The van der Waals surface area contributed by atoms with E-state index in [0.29, 0.717) is 34.5 Å².